The molecule has 310 valence electrons. The van der Waals surface area contributed by atoms with Crippen LogP contribution in [0, 0.1) is 25.2 Å². The quantitative estimate of drug-likeness (QED) is 0.160. The van der Waals surface area contributed by atoms with E-state index in [0.29, 0.717) is 23.0 Å². The standard InChI is InChI=1S/C60H40N6/c1-38-62-39(2)64-60(63-38)53-36-54(65-55-31-44(40-15-7-3-8-16-40)23-27-49(55)50-28-24-45(32-56(50)65)41-17-9-4-10-18-41)48(37-61)35-59(53)66-57-33-46(42-19-11-5-12-20-42)25-29-51(57)52-30-26-47(34-58(52)66)43-21-13-6-14-22-43/h3-36H,1-2H3. The molecule has 6 nitrogen and oxygen atoms in total. The highest BCUT2D eigenvalue weighted by Crippen LogP contribution is 2.43. The smallest absolute Gasteiger partial charge is 0.165 e. The third kappa shape index (κ3) is 6.53. The van der Waals surface area contributed by atoms with Gasteiger partial charge < -0.3 is 9.13 Å². The van der Waals surface area contributed by atoms with Gasteiger partial charge in [-0.05, 0) is 94.8 Å². The van der Waals surface area contributed by atoms with Crippen LogP contribution in [0.4, 0.5) is 0 Å². The van der Waals surface area contributed by atoms with Crippen molar-refractivity contribution < 1.29 is 0 Å². The zero-order valence-corrected chi connectivity index (χ0v) is 36.3. The zero-order chi connectivity index (χ0) is 44.3. The number of fused-ring (bicyclic) bond motifs is 6. The van der Waals surface area contributed by atoms with Crippen molar-refractivity contribution in [3.63, 3.8) is 0 Å². The molecule has 0 aliphatic heterocycles. The van der Waals surface area contributed by atoms with Gasteiger partial charge in [-0.3, -0.25) is 0 Å². The Morgan fingerprint density at radius 2 is 0.682 bits per heavy atom. The molecule has 3 heterocycles. The first-order chi connectivity index (χ1) is 32.5. The van der Waals surface area contributed by atoms with E-state index in [9.17, 15) is 5.26 Å². The van der Waals surface area contributed by atoms with Crippen molar-refractivity contribution in [1.82, 2.24) is 24.1 Å². The first kappa shape index (κ1) is 38.7. The maximum atomic E-state index is 11.5. The largest absolute Gasteiger partial charge is 0.308 e. The van der Waals surface area contributed by atoms with Crippen molar-refractivity contribution >= 4 is 43.6 Å². The highest BCUT2D eigenvalue weighted by molar-refractivity contribution is 6.13. The van der Waals surface area contributed by atoms with Gasteiger partial charge in [0.25, 0.3) is 0 Å². The van der Waals surface area contributed by atoms with E-state index < -0.39 is 0 Å². The Morgan fingerprint density at radius 1 is 0.348 bits per heavy atom. The predicted molar refractivity (Wildman–Crippen MR) is 270 cm³/mol. The third-order valence-corrected chi connectivity index (χ3v) is 12.8. The van der Waals surface area contributed by atoms with Crippen LogP contribution in [-0.2, 0) is 0 Å². The summed E-state index contributed by atoms with van der Waals surface area (Å²) >= 11 is 0. The van der Waals surface area contributed by atoms with Gasteiger partial charge in [0.2, 0.25) is 0 Å². The van der Waals surface area contributed by atoms with E-state index in [2.05, 4.69) is 196 Å². The average Bonchev–Trinajstić information content (AvgIpc) is 3.87. The molecular formula is C60H40N6. The van der Waals surface area contributed by atoms with E-state index in [4.69, 9.17) is 9.97 Å². The number of benzene rings is 9. The zero-order valence-electron chi connectivity index (χ0n) is 36.3. The Hall–Kier alpha value is -8.92. The Labute approximate surface area is 382 Å². The topological polar surface area (TPSA) is 72.3 Å². The van der Waals surface area contributed by atoms with E-state index in [0.717, 1.165) is 105 Å². The molecule has 0 unspecified atom stereocenters. The Kier molecular flexibility index (Phi) is 9.22. The molecule has 0 aliphatic rings. The molecule has 0 N–H and O–H groups in total. The van der Waals surface area contributed by atoms with E-state index in [1.807, 2.05) is 44.2 Å². The van der Waals surface area contributed by atoms with E-state index in [-0.39, 0.29) is 0 Å². The summed E-state index contributed by atoms with van der Waals surface area (Å²) in [6, 6.07) is 75.4. The molecule has 6 heteroatoms. The molecule has 0 saturated carbocycles. The molecule has 12 aromatic rings. The highest BCUT2D eigenvalue weighted by atomic mass is 15.1. The van der Waals surface area contributed by atoms with Crippen LogP contribution in [0.5, 0.6) is 0 Å². The molecule has 12 rings (SSSR count). The molecule has 0 radical (unpaired) electrons. The van der Waals surface area contributed by atoms with E-state index in [1.54, 1.807) is 0 Å². The average molecular weight is 845 g/mol. The van der Waals surface area contributed by atoms with Crippen molar-refractivity contribution in [1.29, 1.82) is 5.26 Å². The molecule has 66 heavy (non-hydrogen) atoms. The monoisotopic (exact) mass is 844 g/mol. The van der Waals surface area contributed by atoms with Crippen LogP contribution in [0.15, 0.2) is 206 Å². The maximum Gasteiger partial charge on any atom is 0.165 e. The van der Waals surface area contributed by atoms with Crippen LogP contribution in [-0.4, -0.2) is 24.1 Å². The van der Waals surface area contributed by atoms with Gasteiger partial charge >= 0.3 is 0 Å². The van der Waals surface area contributed by atoms with Crippen molar-refractivity contribution in [3.05, 3.63) is 223 Å². The van der Waals surface area contributed by atoms with Crippen molar-refractivity contribution in [2.75, 3.05) is 0 Å². The van der Waals surface area contributed by atoms with Crippen LogP contribution in [0.2, 0.25) is 0 Å². The summed E-state index contributed by atoms with van der Waals surface area (Å²) in [4.78, 5) is 14.7. The minimum atomic E-state index is 0.513. The van der Waals surface area contributed by atoms with Crippen molar-refractivity contribution in [2.45, 2.75) is 13.8 Å². The lowest BCUT2D eigenvalue weighted by Crippen LogP contribution is -2.07. The molecule has 0 atom stereocenters. The first-order valence-electron chi connectivity index (χ1n) is 22.2. The summed E-state index contributed by atoms with van der Waals surface area (Å²) in [6.45, 7) is 3.81. The second-order valence-corrected chi connectivity index (χ2v) is 16.8. The minimum Gasteiger partial charge on any atom is -0.308 e. The molecule has 3 aromatic heterocycles. The Balaban J connectivity index is 1.21. The van der Waals surface area contributed by atoms with Crippen molar-refractivity contribution in [3.8, 4) is 73.3 Å². The number of rotatable bonds is 7. The summed E-state index contributed by atoms with van der Waals surface area (Å²) in [7, 11) is 0. The number of nitriles is 1. The minimum absolute atomic E-state index is 0.513. The van der Waals surface area contributed by atoms with Gasteiger partial charge in [0.05, 0.1) is 39.0 Å². The SMILES string of the molecule is Cc1nc(C)nc(-c2cc(-n3c4cc(-c5ccccc5)ccc4c4ccc(-c5ccccc5)cc43)c(C#N)cc2-n2c3cc(-c4ccccc4)ccc3c3ccc(-c4ccccc4)cc32)n1. The lowest BCUT2D eigenvalue weighted by molar-refractivity contribution is 0.926. The van der Waals surface area contributed by atoms with Gasteiger partial charge in [0, 0.05) is 27.1 Å². The lowest BCUT2D eigenvalue weighted by atomic mass is 10.0. The number of hydrogen-bond donors (Lipinski definition) is 0. The Bertz CT molecular complexity index is 3670. The molecule has 0 amide bonds. The van der Waals surface area contributed by atoms with Gasteiger partial charge in [-0.2, -0.15) is 5.26 Å². The number of nitrogens with zero attached hydrogens (tertiary/aromatic N) is 6. The second-order valence-electron chi connectivity index (χ2n) is 16.8. The highest BCUT2D eigenvalue weighted by Gasteiger charge is 2.24. The normalized spacial score (nSPS) is 11.5. The first-order valence-corrected chi connectivity index (χ1v) is 22.2. The summed E-state index contributed by atoms with van der Waals surface area (Å²) in [6.07, 6.45) is 0. The van der Waals surface area contributed by atoms with E-state index >= 15 is 0 Å². The van der Waals surface area contributed by atoms with Crippen LogP contribution < -0.4 is 0 Å². The molecule has 9 aromatic carbocycles. The second kappa shape index (κ2) is 15.7. The molecule has 0 fully saturated rings. The van der Waals surface area contributed by atoms with E-state index in [1.165, 1.54) is 0 Å². The van der Waals surface area contributed by atoms with Gasteiger partial charge in [0.15, 0.2) is 5.82 Å². The summed E-state index contributed by atoms with van der Waals surface area (Å²) < 4.78 is 4.58. The van der Waals surface area contributed by atoms with Crippen LogP contribution in [0.25, 0.3) is 111 Å². The molecule has 0 aliphatic carbocycles. The fourth-order valence-electron chi connectivity index (χ4n) is 9.75. The fourth-order valence-corrected chi connectivity index (χ4v) is 9.75. The van der Waals surface area contributed by atoms with Gasteiger partial charge in [-0.25, -0.2) is 15.0 Å². The van der Waals surface area contributed by atoms with Crippen LogP contribution >= 0.6 is 0 Å². The number of hydrogen-bond acceptors (Lipinski definition) is 4. The fraction of sp³-hybridized carbons (Fsp3) is 0.0333. The van der Waals surface area contributed by atoms with Gasteiger partial charge in [-0.15, -0.1) is 0 Å². The van der Waals surface area contributed by atoms with Crippen LogP contribution in [0.3, 0.4) is 0 Å². The lowest BCUT2D eigenvalue weighted by Gasteiger charge is -2.19. The predicted octanol–water partition coefficient (Wildman–Crippen LogP) is 14.9. The molecule has 0 saturated heterocycles. The summed E-state index contributed by atoms with van der Waals surface area (Å²) in [5.41, 5.74) is 15.7. The number of aryl methyl sites for hydroxylation is 2. The van der Waals surface area contributed by atoms with Gasteiger partial charge in [0.1, 0.15) is 17.7 Å². The summed E-state index contributed by atoms with van der Waals surface area (Å²) in [5, 5.41) is 15.9. The molecular weight excluding hydrogens is 805 g/mol. The van der Waals surface area contributed by atoms with Crippen molar-refractivity contribution in [2.24, 2.45) is 0 Å². The maximum absolute atomic E-state index is 11.5. The third-order valence-electron chi connectivity index (χ3n) is 12.8. The molecule has 0 bridgehead atoms. The Morgan fingerprint density at radius 3 is 1.02 bits per heavy atom. The summed E-state index contributed by atoms with van der Waals surface area (Å²) in [5.74, 6) is 1.77. The molecule has 0 spiro atoms. The number of aromatic nitrogens is 5. The van der Waals surface area contributed by atoms with Crippen LogP contribution in [0.1, 0.15) is 17.2 Å². The van der Waals surface area contributed by atoms with Gasteiger partial charge in [-0.1, -0.05) is 170 Å².